The monoisotopic (exact) mass is 290 g/mol. The van der Waals surface area contributed by atoms with Crippen molar-refractivity contribution in [1.29, 1.82) is 0 Å². The lowest BCUT2D eigenvalue weighted by molar-refractivity contribution is -0.107. The Bertz CT molecular complexity index is 377. The second-order valence-electron chi connectivity index (χ2n) is 6.07. The van der Waals surface area contributed by atoms with Crippen molar-refractivity contribution in [2.24, 2.45) is 11.8 Å². The van der Waals surface area contributed by atoms with Gasteiger partial charge in [0, 0.05) is 11.4 Å². The van der Waals surface area contributed by atoms with Gasteiger partial charge in [-0.1, -0.05) is 12.2 Å². The molecule has 0 aliphatic heterocycles. The summed E-state index contributed by atoms with van der Waals surface area (Å²) in [4.78, 5) is 20.7. The molecule has 0 aromatic heterocycles. The molecule has 21 heavy (non-hydrogen) atoms. The quantitative estimate of drug-likeness (QED) is 0.674. The molecule has 4 nitrogen and oxygen atoms in total. The van der Waals surface area contributed by atoms with Gasteiger partial charge in [-0.3, -0.25) is 0 Å². The predicted molar refractivity (Wildman–Crippen MR) is 83.6 cm³/mol. The first kappa shape index (κ1) is 15.8. The number of aldehydes is 2. The molecule has 0 aromatic rings. The van der Waals surface area contributed by atoms with Crippen LogP contribution in [0.25, 0.3) is 0 Å². The summed E-state index contributed by atoms with van der Waals surface area (Å²) in [6.45, 7) is 0.862. The van der Waals surface area contributed by atoms with E-state index < -0.39 is 0 Å². The van der Waals surface area contributed by atoms with E-state index in [2.05, 4.69) is 22.8 Å². The van der Waals surface area contributed by atoms with Gasteiger partial charge in [0.05, 0.1) is 13.1 Å². The molecule has 116 valence electrons. The molecule has 0 radical (unpaired) electrons. The number of carbonyl (C=O) groups excluding carboxylic acids is 2. The summed E-state index contributed by atoms with van der Waals surface area (Å²) in [7, 11) is 0. The fourth-order valence-corrected chi connectivity index (χ4v) is 3.34. The molecule has 0 spiro atoms. The van der Waals surface area contributed by atoms with Crippen LogP contribution in [0.15, 0.2) is 23.5 Å². The third-order valence-corrected chi connectivity index (χ3v) is 4.53. The van der Waals surface area contributed by atoms with E-state index in [1.54, 1.807) is 0 Å². The second kappa shape index (κ2) is 8.65. The Labute approximate surface area is 127 Å². The van der Waals surface area contributed by atoms with Gasteiger partial charge in [-0.2, -0.15) is 0 Å². The Hall–Kier alpha value is -1.58. The molecule has 0 fully saturated rings. The minimum atomic E-state index is 0.431. The lowest BCUT2D eigenvalue weighted by Crippen LogP contribution is -2.22. The van der Waals surface area contributed by atoms with E-state index in [0.717, 1.165) is 50.1 Å². The molecule has 2 N–H and O–H groups in total. The highest BCUT2D eigenvalue weighted by Gasteiger charge is 2.21. The highest BCUT2D eigenvalue weighted by molar-refractivity contribution is 5.52. The van der Waals surface area contributed by atoms with Gasteiger partial charge in [0.2, 0.25) is 0 Å². The van der Waals surface area contributed by atoms with Crippen LogP contribution >= 0.6 is 0 Å². The fraction of sp³-hybridized carbons (Fsp3) is 0.647. The minimum Gasteiger partial charge on any atom is -0.382 e. The maximum atomic E-state index is 10.3. The zero-order valence-electron chi connectivity index (χ0n) is 12.6. The Kier molecular flexibility index (Phi) is 6.51. The van der Waals surface area contributed by atoms with Crippen LogP contribution in [0.3, 0.4) is 0 Å². The standard InChI is InChI=1S/C17H26N2O2/c20-11-9-18-16-5-1-14(2-6-16)13-15-3-7-17(8-4-15)19-10-12-21/h5,7,11-12,14-15,18-19H,1-4,6,8-10,13H2. The lowest BCUT2D eigenvalue weighted by Gasteiger charge is -2.28. The van der Waals surface area contributed by atoms with Crippen molar-refractivity contribution in [2.45, 2.75) is 44.9 Å². The molecule has 2 aliphatic carbocycles. The van der Waals surface area contributed by atoms with Crippen molar-refractivity contribution in [3.8, 4) is 0 Å². The topological polar surface area (TPSA) is 58.2 Å². The van der Waals surface area contributed by atoms with Crippen LogP contribution in [0.5, 0.6) is 0 Å². The molecule has 4 heteroatoms. The summed E-state index contributed by atoms with van der Waals surface area (Å²) in [5.74, 6) is 1.57. The summed E-state index contributed by atoms with van der Waals surface area (Å²) in [5.41, 5.74) is 2.48. The first-order valence-corrected chi connectivity index (χ1v) is 8.05. The van der Waals surface area contributed by atoms with Crippen LogP contribution in [0.2, 0.25) is 0 Å². The minimum absolute atomic E-state index is 0.431. The molecule has 2 rings (SSSR count). The van der Waals surface area contributed by atoms with Crippen LogP contribution in [0, 0.1) is 11.8 Å². The van der Waals surface area contributed by atoms with E-state index in [0.29, 0.717) is 13.1 Å². The van der Waals surface area contributed by atoms with Gasteiger partial charge in [-0.15, -0.1) is 0 Å². The summed E-state index contributed by atoms with van der Waals surface area (Å²) >= 11 is 0. The second-order valence-corrected chi connectivity index (χ2v) is 6.07. The smallest absolute Gasteiger partial charge is 0.139 e. The summed E-state index contributed by atoms with van der Waals surface area (Å²) in [5, 5.41) is 6.34. The highest BCUT2D eigenvalue weighted by Crippen LogP contribution is 2.33. The van der Waals surface area contributed by atoms with E-state index in [-0.39, 0.29) is 0 Å². The van der Waals surface area contributed by atoms with Gasteiger partial charge in [0.1, 0.15) is 12.6 Å². The largest absolute Gasteiger partial charge is 0.382 e. The number of hydrogen-bond donors (Lipinski definition) is 2. The average molecular weight is 290 g/mol. The lowest BCUT2D eigenvalue weighted by atomic mass is 9.80. The van der Waals surface area contributed by atoms with Gasteiger partial charge in [-0.25, -0.2) is 0 Å². The van der Waals surface area contributed by atoms with Gasteiger partial charge in [0.15, 0.2) is 0 Å². The molecular formula is C17H26N2O2. The van der Waals surface area contributed by atoms with E-state index in [4.69, 9.17) is 0 Å². The van der Waals surface area contributed by atoms with Crippen molar-refractivity contribution in [3.05, 3.63) is 23.5 Å². The number of allylic oxidation sites excluding steroid dienone is 4. The summed E-state index contributed by atoms with van der Waals surface area (Å²) < 4.78 is 0. The third kappa shape index (κ3) is 5.37. The fourth-order valence-electron chi connectivity index (χ4n) is 3.34. The molecular weight excluding hydrogens is 264 g/mol. The van der Waals surface area contributed by atoms with E-state index in [9.17, 15) is 9.59 Å². The zero-order chi connectivity index (χ0) is 14.9. The third-order valence-electron chi connectivity index (χ3n) is 4.53. The van der Waals surface area contributed by atoms with Crippen molar-refractivity contribution in [3.63, 3.8) is 0 Å². The van der Waals surface area contributed by atoms with Crippen molar-refractivity contribution in [2.75, 3.05) is 13.1 Å². The van der Waals surface area contributed by atoms with Gasteiger partial charge >= 0.3 is 0 Å². The van der Waals surface area contributed by atoms with Crippen molar-refractivity contribution >= 4 is 12.6 Å². The first-order chi connectivity index (χ1) is 10.3. The van der Waals surface area contributed by atoms with Crippen molar-refractivity contribution < 1.29 is 9.59 Å². The van der Waals surface area contributed by atoms with Gasteiger partial charge in [-0.05, 0) is 56.8 Å². The molecule has 0 aromatic carbocycles. The Morgan fingerprint density at radius 1 is 0.905 bits per heavy atom. The van der Waals surface area contributed by atoms with Gasteiger partial charge in [0.25, 0.3) is 0 Å². The normalized spacial score (nSPS) is 25.5. The molecule has 2 aliphatic rings. The molecule has 0 amide bonds. The average Bonchev–Trinajstić information content (AvgIpc) is 2.53. The van der Waals surface area contributed by atoms with E-state index in [1.165, 1.54) is 30.7 Å². The molecule has 0 saturated carbocycles. The SMILES string of the molecule is O=CCNC1=CCC(CC2CC=C(NCC=O)CC2)CC1. The zero-order valence-corrected chi connectivity index (χ0v) is 12.6. The number of hydrogen-bond acceptors (Lipinski definition) is 4. The molecule has 2 atom stereocenters. The number of rotatable bonds is 8. The molecule has 0 saturated heterocycles. The van der Waals surface area contributed by atoms with Crippen molar-refractivity contribution in [1.82, 2.24) is 10.6 Å². The van der Waals surface area contributed by atoms with Crippen LogP contribution in [0.1, 0.15) is 44.9 Å². The first-order valence-electron chi connectivity index (χ1n) is 8.05. The molecule has 0 heterocycles. The van der Waals surface area contributed by atoms with Crippen LogP contribution in [-0.2, 0) is 9.59 Å². The van der Waals surface area contributed by atoms with Crippen LogP contribution < -0.4 is 10.6 Å². The predicted octanol–water partition coefficient (Wildman–Crippen LogP) is 2.32. The molecule has 2 unspecified atom stereocenters. The number of carbonyl (C=O) groups is 2. The Morgan fingerprint density at radius 2 is 1.38 bits per heavy atom. The van der Waals surface area contributed by atoms with E-state index >= 15 is 0 Å². The number of nitrogens with one attached hydrogen (secondary N) is 2. The van der Waals surface area contributed by atoms with E-state index in [1.807, 2.05) is 0 Å². The summed E-state index contributed by atoms with van der Waals surface area (Å²) in [6, 6.07) is 0. The van der Waals surface area contributed by atoms with Gasteiger partial charge < -0.3 is 20.2 Å². The van der Waals surface area contributed by atoms with Crippen LogP contribution in [0.4, 0.5) is 0 Å². The summed E-state index contributed by atoms with van der Waals surface area (Å²) in [6.07, 6.45) is 14.6. The highest BCUT2D eigenvalue weighted by atomic mass is 16.1. The maximum Gasteiger partial charge on any atom is 0.139 e. The van der Waals surface area contributed by atoms with Crippen LogP contribution in [-0.4, -0.2) is 25.7 Å². The molecule has 0 bridgehead atoms. The Morgan fingerprint density at radius 3 is 1.71 bits per heavy atom. The Balaban J connectivity index is 1.70. The maximum absolute atomic E-state index is 10.3.